The van der Waals surface area contributed by atoms with Crippen LogP contribution in [0.3, 0.4) is 0 Å². The van der Waals surface area contributed by atoms with Crippen molar-refractivity contribution in [1.29, 1.82) is 0 Å². The second kappa shape index (κ2) is 12.2. The summed E-state index contributed by atoms with van der Waals surface area (Å²) in [5.41, 5.74) is 6.22. The summed E-state index contributed by atoms with van der Waals surface area (Å²) < 4.78 is 34.1. The van der Waals surface area contributed by atoms with Crippen molar-refractivity contribution in [1.82, 2.24) is 9.62 Å². The van der Waals surface area contributed by atoms with Gasteiger partial charge in [0.25, 0.3) is 5.91 Å². The molecular weight excluding hydrogens is 478 g/mol. The Bertz CT molecular complexity index is 1080. The molecule has 8 nitrogen and oxygen atoms in total. The van der Waals surface area contributed by atoms with E-state index < -0.39 is 27.8 Å². The Morgan fingerprint density at radius 2 is 1.81 bits per heavy atom. The Morgan fingerprint density at radius 1 is 1.14 bits per heavy atom. The molecule has 0 aliphatic carbocycles. The number of anilines is 1. The molecule has 0 saturated carbocycles. The van der Waals surface area contributed by atoms with E-state index in [1.54, 1.807) is 12.1 Å². The zero-order chi connectivity index (χ0) is 26.3. The number of benzene rings is 2. The molecule has 198 valence electrons. The van der Waals surface area contributed by atoms with Crippen molar-refractivity contribution < 1.29 is 23.1 Å². The number of nitrogens with two attached hydrogens (primary N) is 1. The van der Waals surface area contributed by atoms with Crippen molar-refractivity contribution in [2.45, 2.75) is 69.1 Å². The van der Waals surface area contributed by atoms with E-state index in [9.17, 15) is 18.3 Å². The molecule has 3 atom stereocenters. The van der Waals surface area contributed by atoms with E-state index in [4.69, 9.17) is 10.5 Å². The molecule has 4 N–H and O–H groups in total. The largest absolute Gasteiger partial charge is 0.399 e. The lowest BCUT2D eigenvalue weighted by Crippen LogP contribution is -2.56. The standard InChI is InChI=1S/C27H39N3O5S/c1-4-27(15-8-16-35-27)26(32)29-24(17-21-9-6-5-7-10-21)25(31)19-30(18-20(2)3)36(33,34)23-13-11-22(28)12-14-23/h5-7,9-14,20,24-25,31H,4,8,15-19,28H2,1-3H3,(H,29,32). The minimum absolute atomic E-state index is 0.0261. The topological polar surface area (TPSA) is 122 Å². The van der Waals surface area contributed by atoms with Crippen molar-refractivity contribution in [3.8, 4) is 0 Å². The molecule has 2 aromatic rings. The fourth-order valence-electron chi connectivity index (χ4n) is 4.57. The Kier molecular flexibility index (Phi) is 9.52. The summed E-state index contributed by atoms with van der Waals surface area (Å²) in [5, 5.41) is 14.4. The fraction of sp³-hybridized carbons (Fsp3) is 0.519. The van der Waals surface area contributed by atoms with E-state index >= 15 is 0 Å². The molecule has 0 aromatic heterocycles. The van der Waals surface area contributed by atoms with Gasteiger partial charge in [0.2, 0.25) is 10.0 Å². The van der Waals surface area contributed by atoms with Crippen LogP contribution in [-0.2, 0) is 26.0 Å². The highest BCUT2D eigenvalue weighted by Gasteiger charge is 2.42. The number of aliphatic hydroxyl groups excluding tert-OH is 1. The van der Waals surface area contributed by atoms with Gasteiger partial charge in [0.05, 0.1) is 17.0 Å². The third kappa shape index (κ3) is 6.85. The number of rotatable bonds is 12. The van der Waals surface area contributed by atoms with Crippen LogP contribution >= 0.6 is 0 Å². The van der Waals surface area contributed by atoms with E-state index in [0.29, 0.717) is 31.6 Å². The number of amides is 1. The molecule has 2 aromatic carbocycles. The van der Waals surface area contributed by atoms with Gasteiger partial charge in [-0.05, 0) is 61.4 Å². The zero-order valence-electron chi connectivity index (χ0n) is 21.4. The quantitative estimate of drug-likeness (QED) is 0.372. The van der Waals surface area contributed by atoms with Crippen LogP contribution in [0.2, 0.25) is 0 Å². The number of sulfonamides is 1. The molecule has 1 saturated heterocycles. The van der Waals surface area contributed by atoms with Gasteiger partial charge < -0.3 is 20.9 Å². The highest BCUT2D eigenvalue weighted by atomic mass is 32.2. The Hall–Kier alpha value is -2.46. The van der Waals surface area contributed by atoms with E-state index in [2.05, 4.69) is 5.32 Å². The lowest BCUT2D eigenvalue weighted by molar-refractivity contribution is -0.143. The summed E-state index contributed by atoms with van der Waals surface area (Å²) in [4.78, 5) is 13.4. The SMILES string of the molecule is CCC1(C(=O)NC(Cc2ccccc2)C(O)CN(CC(C)C)S(=O)(=O)c2ccc(N)cc2)CCCO1. The number of ether oxygens (including phenoxy) is 1. The number of aliphatic hydroxyl groups is 1. The monoisotopic (exact) mass is 517 g/mol. The average Bonchev–Trinajstić information content (AvgIpc) is 3.34. The van der Waals surface area contributed by atoms with Crippen molar-refractivity contribution in [3.63, 3.8) is 0 Å². The Morgan fingerprint density at radius 3 is 2.36 bits per heavy atom. The number of hydrogen-bond acceptors (Lipinski definition) is 6. The van der Waals surface area contributed by atoms with Crippen LogP contribution < -0.4 is 11.1 Å². The fourth-order valence-corrected chi connectivity index (χ4v) is 6.19. The van der Waals surface area contributed by atoms with Crippen molar-refractivity contribution in [2.24, 2.45) is 5.92 Å². The minimum Gasteiger partial charge on any atom is -0.399 e. The second-order valence-electron chi connectivity index (χ2n) is 9.92. The summed E-state index contributed by atoms with van der Waals surface area (Å²) in [6.07, 6.45) is 1.15. The smallest absolute Gasteiger partial charge is 0.252 e. The number of carbonyl (C=O) groups is 1. The van der Waals surface area contributed by atoms with Gasteiger partial charge in [-0.2, -0.15) is 4.31 Å². The molecule has 0 spiro atoms. The molecule has 1 amide bonds. The molecule has 36 heavy (non-hydrogen) atoms. The minimum atomic E-state index is -3.89. The molecule has 0 radical (unpaired) electrons. The van der Waals surface area contributed by atoms with Gasteiger partial charge in [-0.1, -0.05) is 51.1 Å². The van der Waals surface area contributed by atoms with E-state index in [1.807, 2.05) is 51.1 Å². The molecule has 3 unspecified atom stereocenters. The lowest BCUT2D eigenvalue weighted by Gasteiger charge is -2.33. The van der Waals surface area contributed by atoms with Crippen LogP contribution in [-0.4, -0.2) is 61.2 Å². The highest BCUT2D eigenvalue weighted by Crippen LogP contribution is 2.30. The van der Waals surface area contributed by atoms with Gasteiger partial charge in [0, 0.05) is 25.4 Å². The maximum absolute atomic E-state index is 13.5. The van der Waals surface area contributed by atoms with Crippen molar-refractivity contribution in [2.75, 3.05) is 25.4 Å². The van der Waals surface area contributed by atoms with Crippen molar-refractivity contribution in [3.05, 3.63) is 60.2 Å². The summed E-state index contributed by atoms with van der Waals surface area (Å²) in [5.74, 6) is -0.238. The number of nitrogens with zero attached hydrogens (tertiary/aromatic N) is 1. The van der Waals surface area contributed by atoms with Crippen LogP contribution in [0.4, 0.5) is 5.69 Å². The van der Waals surface area contributed by atoms with E-state index in [-0.39, 0.29) is 29.8 Å². The molecule has 1 fully saturated rings. The predicted molar refractivity (Wildman–Crippen MR) is 141 cm³/mol. The normalized spacial score (nSPS) is 19.9. The lowest BCUT2D eigenvalue weighted by atomic mass is 9.94. The van der Waals surface area contributed by atoms with E-state index in [1.165, 1.54) is 16.4 Å². The van der Waals surface area contributed by atoms with Crippen molar-refractivity contribution >= 4 is 21.6 Å². The molecule has 1 aliphatic rings. The number of nitrogen functional groups attached to an aromatic ring is 1. The maximum atomic E-state index is 13.5. The van der Waals surface area contributed by atoms with Crippen LogP contribution in [0.15, 0.2) is 59.5 Å². The average molecular weight is 518 g/mol. The number of nitrogens with one attached hydrogen (secondary N) is 1. The molecule has 3 rings (SSSR count). The summed E-state index contributed by atoms with van der Waals surface area (Å²) in [6, 6.07) is 14.8. The molecule has 9 heteroatoms. The van der Waals surface area contributed by atoms with Crippen LogP contribution in [0.25, 0.3) is 0 Å². The third-order valence-corrected chi connectivity index (χ3v) is 8.49. The second-order valence-corrected chi connectivity index (χ2v) is 11.9. The van der Waals surface area contributed by atoms with Gasteiger partial charge in [-0.15, -0.1) is 0 Å². The molecule has 0 bridgehead atoms. The first-order chi connectivity index (χ1) is 17.1. The van der Waals surface area contributed by atoms with Gasteiger partial charge in [0.1, 0.15) is 5.60 Å². The first-order valence-corrected chi connectivity index (χ1v) is 14.0. The maximum Gasteiger partial charge on any atom is 0.252 e. The van der Waals surface area contributed by atoms with Gasteiger partial charge in [0.15, 0.2) is 0 Å². The molecule has 1 aliphatic heterocycles. The van der Waals surface area contributed by atoms with Crippen LogP contribution in [0.1, 0.15) is 45.6 Å². The van der Waals surface area contributed by atoms with Crippen LogP contribution in [0, 0.1) is 5.92 Å². The first-order valence-electron chi connectivity index (χ1n) is 12.6. The Balaban J connectivity index is 1.87. The first kappa shape index (κ1) is 28.1. The highest BCUT2D eigenvalue weighted by molar-refractivity contribution is 7.89. The summed E-state index contributed by atoms with van der Waals surface area (Å²) in [6.45, 7) is 6.33. The van der Waals surface area contributed by atoms with Crippen LogP contribution in [0.5, 0.6) is 0 Å². The molecule has 1 heterocycles. The zero-order valence-corrected chi connectivity index (χ0v) is 22.2. The predicted octanol–water partition coefficient (Wildman–Crippen LogP) is 2.96. The Labute approximate surface area is 214 Å². The van der Waals surface area contributed by atoms with E-state index in [0.717, 1.165) is 12.0 Å². The number of hydrogen-bond donors (Lipinski definition) is 3. The van der Waals surface area contributed by atoms with Gasteiger partial charge in [-0.3, -0.25) is 4.79 Å². The summed E-state index contributed by atoms with van der Waals surface area (Å²) >= 11 is 0. The van der Waals surface area contributed by atoms with Gasteiger partial charge in [-0.25, -0.2) is 8.42 Å². The van der Waals surface area contributed by atoms with Gasteiger partial charge >= 0.3 is 0 Å². The number of carbonyl (C=O) groups excluding carboxylic acids is 1. The third-order valence-electron chi connectivity index (χ3n) is 6.64. The summed E-state index contributed by atoms with van der Waals surface area (Å²) in [7, 11) is -3.89. The molecular formula is C27H39N3O5S.